The van der Waals surface area contributed by atoms with E-state index in [1.807, 2.05) is 0 Å². The molecule has 0 saturated carbocycles. The smallest absolute Gasteiger partial charge is 0.341 e. The SMILES string of the molecule is CCn1cc(C(=O)O)c(=O)c2c(O)c(O)cc(O)c21. The Morgan fingerprint density at radius 2 is 1.89 bits per heavy atom. The van der Waals surface area contributed by atoms with Crippen LogP contribution in [0.4, 0.5) is 0 Å². The Hall–Kier alpha value is -2.70. The van der Waals surface area contributed by atoms with Gasteiger partial charge in [0, 0.05) is 18.8 Å². The molecule has 1 aromatic heterocycles. The number of carbonyl (C=O) groups is 1. The van der Waals surface area contributed by atoms with Crippen molar-refractivity contribution in [2.24, 2.45) is 0 Å². The number of aromatic hydroxyl groups is 3. The average molecular weight is 265 g/mol. The van der Waals surface area contributed by atoms with Crippen molar-refractivity contribution >= 4 is 16.9 Å². The zero-order valence-corrected chi connectivity index (χ0v) is 9.91. The highest BCUT2D eigenvalue weighted by atomic mass is 16.4. The number of hydrogen-bond donors (Lipinski definition) is 4. The van der Waals surface area contributed by atoms with Gasteiger partial charge in [-0.05, 0) is 6.92 Å². The molecule has 19 heavy (non-hydrogen) atoms. The Morgan fingerprint density at radius 1 is 1.26 bits per heavy atom. The molecule has 0 aliphatic rings. The Morgan fingerprint density at radius 3 is 2.42 bits per heavy atom. The number of carboxylic acid groups (broad SMARTS) is 1. The van der Waals surface area contributed by atoms with E-state index < -0.39 is 39.6 Å². The van der Waals surface area contributed by atoms with Gasteiger partial charge >= 0.3 is 5.97 Å². The van der Waals surface area contributed by atoms with Gasteiger partial charge in [0.25, 0.3) is 0 Å². The van der Waals surface area contributed by atoms with Gasteiger partial charge in [-0.1, -0.05) is 0 Å². The third-order valence-electron chi connectivity index (χ3n) is 2.85. The normalized spacial score (nSPS) is 10.8. The quantitative estimate of drug-likeness (QED) is 0.471. The number of aromatic carboxylic acids is 1. The van der Waals surface area contributed by atoms with Gasteiger partial charge in [0.1, 0.15) is 11.3 Å². The summed E-state index contributed by atoms with van der Waals surface area (Å²) in [5, 5.41) is 37.4. The highest BCUT2D eigenvalue weighted by Crippen LogP contribution is 2.37. The van der Waals surface area contributed by atoms with E-state index >= 15 is 0 Å². The number of aromatic nitrogens is 1. The minimum atomic E-state index is -1.45. The van der Waals surface area contributed by atoms with Crippen LogP contribution in [0, 0.1) is 0 Å². The maximum Gasteiger partial charge on any atom is 0.341 e. The molecular formula is C12H11NO6. The molecule has 0 fully saturated rings. The number of phenols is 3. The van der Waals surface area contributed by atoms with Crippen molar-refractivity contribution in [2.45, 2.75) is 13.5 Å². The molecule has 0 aliphatic carbocycles. The summed E-state index contributed by atoms with van der Waals surface area (Å²) in [6, 6.07) is 0.893. The molecule has 0 atom stereocenters. The van der Waals surface area contributed by atoms with E-state index in [0.717, 1.165) is 12.3 Å². The predicted molar refractivity (Wildman–Crippen MR) is 65.8 cm³/mol. The number of benzene rings is 1. The number of fused-ring (bicyclic) bond motifs is 1. The van der Waals surface area contributed by atoms with E-state index in [2.05, 4.69) is 0 Å². The van der Waals surface area contributed by atoms with Crippen LogP contribution in [0.5, 0.6) is 17.2 Å². The second kappa shape index (κ2) is 4.20. The Kier molecular flexibility index (Phi) is 2.82. The maximum absolute atomic E-state index is 12.0. The second-order valence-corrected chi connectivity index (χ2v) is 3.95. The summed E-state index contributed by atoms with van der Waals surface area (Å²) in [7, 11) is 0. The molecule has 0 bridgehead atoms. The number of aryl methyl sites for hydroxylation is 1. The van der Waals surface area contributed by atoms with E-state index in [1.54, 1.807) is 6.92 Å². The van der Waals surface area contributed by atoms with Gasteiger partial charge in [0.05, 0.1) is 10.9 Å². The van der Waals surface area contributed by atoms with Gasteiger partial charge in [-0.15, -0.1) is 0 Å². The van der Waals surface area contributed by atoms with Crippen LogP contribution < -0.4 is 5.43 Å². The molecular weight excluding hydrogens is 254 g/mol. The molecule has 1 heterocycles. The highest BCUT2D eigenvalue weighted by Gasteiger charge is 2.21. The van der Waals surface area contributed by atoms with Crippen molar-refractivity contribution in [1.29, 1.82) is 0 Å². The van der Waals surface area contributed by atoms with Gasteiger partial charge in [-0.3, -0.25) is 4.79 Å². The van der Waals surface area contributed by atoms with Crippen LogP contribution in [0.1, 0.15) is 17.3 Å². The Labute approximate surface area is 106 Å². The monoisotopic (exact) mass is 265 g/mol. The summed E-state index contributed by atoms with van der Waals surface area (Å²) in [6.45, 7) is 1.95. The lowest BCUT2D eigenvalue weighted by Crippen LogP contribution is -2.18. The van der Waals surface area contributed by atoms with E-state index in [1.165, 1.54) is 4.57 Å². The van der Waals surface area contributed by atoms with Gasteiger partial charge in [-0.2, -0.15) is 0 Å². The summed E-state index contributed by atoms with van der Waals surface area (Å²) in [6.07, 6.45) is 1.09. The number of nitrogens with zero attached hydrogens (tertiary/aromatic N) is 1. The topological polar surface area (TPSA) is 120 Å². The van der Waals surface area contributed by atoms with E-state index in [9.17, 15) is 24.9 Å². The summed E-state index contributed by atoms with van der Waals surface area (Å²) < 4.78 is 1.31. The predicted octanol–water partition coefficient (Wildman–Crippen LogP) is 0.836. The van der Waals surface area contributed by atoms with Gasteiger partial charge in [0.15, 0.2) is 11.5 Å². The first kappa shape index (κ1) is 12.7. The van der Waals surface area contributed by atoms with Crippen molar-refractivity contribution in [3.8, 4) is 17.2 Å². The number of rotatable bonds is 2. The molecule has 0 amide bonds. The molecule has 1 aromatic carbocycles. The molecule has 100 valence electrons. The summed E-state index contributed by atoms with van der Waals surface area (Å²) in [5.74, 6) is -3.30. The fraction of sp³-hybridized carbons (Fsp3) is 0.167. The van der Waals surface area contributed by atoms with Crippen LogP contribution in [-0.2, 0) is 6.54 Å². The molecule has 0 aliphatic heterocycles. The van der Waals surface area contributed by atoms with E-state index in [4.69, 9.17) is 5.11 Å². The molecule has 7 nitrogen and oxygen atoms in total. The third kappa shape index (κ3) is 1.75. The van der Waals surface area contributed by atoms with Crippen LogP contribution in [0.25, 0.3) is 10.9 Å². The van der Waals surface area contributed by atoms with Crippen LogP contribution >= 0.6 is 0 Å². The molecule has 0 saturated heterocycles. The largest absolute Gasteiger partial charge is 0.506 e. The molecule has 0 spiro atoms. The Balaban J connectivity index is 3.13. The molecule has 0 unspecified atom stereocenters. The van der Waals surface area contributed by atoms with Crippen LogP contribution in [0.15, 0.2) is 17.1 Å². The number of carboxylic acids is 1. The summed E-state index contributed by atoms with van der Waals surface area (Å²) in [4.78, 5) is 23.0. The van der Waals surface area contributed by atoms with Crippen molar-refractivity contribution in [2.75, 3.05) is 0 Å². The van der Waals surface area contributed by atoms with Crippen molar-refractivity contribution in [3.05, 3.63) is 28.0 Å². The first-order valence-corrected chi connectivity index (χ1v) is 5.42. The minimum absolute atomic E-state index is 0.0206. The number of pyridine rings is 1. The molecule has 2 rings (SSSR count). The Bertz CT molecular complexity index is 746. The van der Waals surface area contributed by atoms with Gasteiger partial charge in [-0.25, -0.2) is 4.79 Å². The van der Waals surface area contributed by atoms with E-state index in [-0.39, 0.29) is 12.1 Å². The fourth-order valence-corrected chi connectivity index (χ4v) is 1.96. The molecule has 0 radical (unpaired) electrons. The van der Waals surface area contributed by atoms with Crippen molar-refractivity contribution in [3.63, 3.8) is 0 Å². The van der Waals surface area contributed by atoms with Crippen molar-refractivity contribution in [1.82, 2.24) is 4.57 Å². The first-order chi connectivity index (χ1) is 8.88. The standard InChI is InChI=1S/C12H11NO6/c1-2-13-4-5(12(18)19)10(16)8-9(13)6(14)3-7(15)11(8)17/h3-4,14-15,17H,2H2,1H3,(H,18,19). The zero-order valence-electron chi connectivity index (χ0n) is 9.91. The van der Waals surface area contributed by atoms with Crippen LogP contribution in [-0.4, -0.2) is 31.0 Å². The number of hydrogen-bond acceptors (Lipinski definition) is 5. The maximum atomic E-state index is 12.0. The van der Waals surface area contributed by atoms with E-state index in [0.29, 0.717) is 0 Å². The molecule has 4 N–H and O–H groups in total. The summed E-state index contributed by atoms with van der Waals surface area (Å²) >= 11 is 0. The summed E-state index contributed by atoms with van der Waals surface area (Å²) in [5.41, 5.74) is -1.53. The first-order valence-electron chi connectivity index (χ1n) is 5.42. The average Bonchev–Trinajstić information content (AvgIpc) is 2.35. The lowest BCUT2D eigenvalue weighted by molar-refractivity contribution is 0.0695. The second-order valence-electron chi connectivity index (χ2n) is 3.95. The van der Waals surface area contributed by atoms with Crippen LogP contribution in [0.3, 0.4) is 0 Å². The lowest BCUT2D eigenvalue weighted by Gasteiger charge is -2.13. The van der Waals surface area contributed by atoms with Crippen molar-refractivity contribution < 1.29 is 25.2 Å². The third-order valence-corrected chi connectivity index (χ3v) is 2.85. The molecule has 2 aromatic rings. The fourth-order valence-electron chi connectivity index (χ4n) is 1.96. The van der Waals surface area contributed by atoms with Crippen LogP contribution in [0.2, 0.25) is 0 Å². The minimum Gasteiger partial charge on any atom is -0.506 e. The molecule has 7 heteroatoms. The van der Waals surface area contributed by atoms with Gasteiger partial charge < -0.3 is 25.0 Å². The zero-order chi connectivity index (χ0) is 14.3. The highest BCUT2D eigenvalue weighted by molar-refractivity contribution is 5.98. The lowest BCUT2D eigenvalue weighted by atomic mass is 10.1. The van der Waals surface area contributed by atoms with Gasteiger partial charge in [0.2, 0.25) is 5.43 Å². The number of phenolic OH excluding ortho intramolecular Hbond substituents is 3.